The molecule has 2 heterocycles. The maximum atomic E-state index is 13.3. The van der Waals surface area contributed by atoms with Gasteiger partial charge < -0.3 is 36.5 Å². The predicted molar refractivity (Wildman–Crippen MR) is 134 cm³/mol. The highest BCUT2D eigenvalue weighted by Gasteiger charge is 2.38. The third-order valence-electron chi connectivity index (χ3n) is 6.33. The molecule has 38 heavy (non-hydrogen) atoms. The fourth-order valence-corrected chi connectivity index (χ4v) is 4.36. The average Bonchev–Trinajstić information content (AvgIpc) is 3.58. The van der Waals surface area contributed by atoms with E-state index in [1.54, 1.807) is 0 Å². The van der Waals surface area contributed by atoms with Crippen LogP contribution >= 0.6 is 0 Å². The molecule has 0 radical (unpaired) electrons. The van der Waals surface area contributed by atoms with Crippen molar-refractivity contribution in [3.63, 3.8) is 0 Å². The normalized spacial score (nSPS) is 17.3. The van der Waals surface area contributed by atoms with Gasteiger partial charge in [-0.2, -0.15) is 0 Å². The van der Waals surface area contributed by atoms with Crippen molar-refractivity contribution < 1.29 is 34.2 Å². The highest BCUT2D eigenvalue weighted by atomic mass is 16.4. The number of rotatable bonds is 13. The van der Waals surface area contributed by atoms with E-state index in [9.17, 15) is 29.1 Å². The van der Waals surface area contributed by atoms with Crippen LogP contribution < -0.4 is 16.4 Å². The van der Waals surface area contributed by atoms with Crippen molar-refractivity contribution in [3.05, 3.63) is 54.1 Å². The first-order valence-corrected chi connectivity index (χ1v) is 12.3. The summed E-state index contributed by atoms with van der Waals surface area (Å²) in [7, 11) is 0. The quantitative estimate of drug-likeness (QED) is 0.196. The van der Waals surface area contributed by atoms with Crippen LogP contribution in [0.2, 0.25) is 0 Å². The molecule has 1 aromatic heterocycles. The lowest BCUT2D eigenvalue weighted by Crippen LogP contribution is -2.57. The van der Waals surface area contributed by atoms with Crippen molar-refractivity contribution in [2.45, 2.75) is 62.7 Å². The van der Waals surface area contributed by atoms with Gasteiger partial charge in [0.1, 0.15) is 18.1 Å². The first-order chi connectivity index (χ1) is 18.2. The molecule has 3 amide bonds. The second-order valence-corrected chi connectivity index (χ2v) is 9.16. The number of imidazole rings is 1. The molecule has 0 bridgehead atoms. The van der Waals surface area contributed by atoms with E-state index in [0.29, 0.717) is 31.5 Å². The summed E-state index contributed by atoms with van der Waals surface area (Å²) in [6.45, 7) is 0.340. The van der Waals surface area contributed by atoms with E-state index >= 15 is 0 Å². The molecule has 2 aromatic rings. The van der Waals surface area contributed by atoms with E-state index in [4.69, 9.17) is 10.8 Å². The Morgan fingerprint density at radius 2 is 1.82 bits per heavy atom. The smallest absolute Gasteiger partial charge is 0.326 e. The minimum Gasteiger partial charge on any atom is -0.481 e. The Morgan fingerprint density at radius 3 is 2.45 bits per heavy atom. The van der Waals surface area contributed by atoms with Crippen LogP contribution in [0.4, 0.5) is 0 Å². The SMILES string of the molecule is NC(Cc1ccccc1)C(=O)N1CCCC1C(=O)NC(Cc1cnc[nH]1)C(=O)NC(CCC(=O)O)C(=O)O. The van der Waals surface area contributed by atoms with Crippen molar-refractivity contribution in [3.8, 4) is 0 Å². The first-order valence-electron chi connectivity index (χ1n) is 12.3. The number of benzene rings is 1. The minimum absolute atomic E-state index is 0.0307. The summed E-state index contributed by atoms with van der Waals surface area (Å²) in [4.78, 5) is 70.0. The molecule has 1 aliphatic heterocycles. The van der Waals surface area contributed by atoms with Crippen molar-refractivity contribution in [1.82, 2.24) is 25.5 Å². The summed E-state index contributed by atoms with van der Waals surface area (Å²) in [5.74, 6) is -4.35. The molecule has 7 N–H and O–H groups in total. The Balaban J connectivity index is 1.70. The van der Waals surface area contributed by atoms with E-state index in [1.165, 1.54) is 17.4 Å². The van der Waals surface area contributed by atoms with Gasteiger partial charge in [-0.05, 0) is 31.2 Å². The summed E-state index contributed by atoms with van der Waals surface area (Å²) in [6, 6.07) is 4.93. The molecule has 1 fully saturated rings. The lowest BCUT2D eigenvalue weighted by Gasteiger charge is -2.28. The largest absolute Gasteiger partial charge is 0.481 e. The molecule has 0 saturated carbocycles. The van der Waals surface area contributed by atoms with E-state index in [2.05, 4.69) is 20.6 Å². The number of nitrogens with zero attached hydrogens (tertiary/aromatic N) is 2. The van der Waals surface area contributed by atoms with Crippen LogP contribution in [0.5, 0.6) is 0 Å². The molecule has 13 nitrogen and oxygen atoms in total. The lowest BCUT2D eigenvalue weighted by atomic mass is 10.0. The fraction of sp³-hybridized carbons (Fsp3) is 0.440. The Labute approximate surface area is 218 Å². The zero-order valence-corrected chi connectivity index (χ0v) is 20.7. The van der Waals surface area contributed by atoms with Crippen LogP contribution in [0.1, 0.15) is 36.9 Å². The Morgan fingerprint density at radius 1 is 1.08 bits per heavy atom. The molecule has 1 aliphatic rings. The van der Waals surface area contributed by atoms with Gasteiger partial charge in [-0.3, -0.25) is 19.2 Å². The molecule has 1 aromatic carbocycles. The molecule has 13 heteroatoms. The maximum Gasteiger partial charge on any atom is 0.326 e. The first kappa shape index (κ1) is 28.3. The number of aromatic nitrogens is 2. The number of amides is 3. The predicted octanol–water partition coefficient (Wildman–Crippen LogP) is -0.568. The number of nitrogens with two attached hydrogens (primary N) is 1. The Bertz CT molecular complexity index is 1120. The third-order valence-corrected chi connectivity index (χ3v) is 6.33. The van der Waals surface area contributed by atoms with Crippen LogP contribution in [0.15, 0.2) is 42.9 Å². The second kappa shape index (κ2) is 13.3. The molecule has 1 saturated heterocycles. The molecule has 3 rings (SSSR count). The van der Waals surface area contributed by atoms with Gasteiger partial charge in [0.15, 0.2) is 0 Å². The lowest BCUT2D eigenvalue weighted by molar-refractivity contribution is -0.144. The van der Waals surface area contributed by atoms with Gasteiger partial charge in [0.2, 0.25) is 17.7 Å². The van der Waals surface area contributed by atoms with Crippen molar-refractivity contribution >= 4 is 29.7 Å². The van der Waals surface area contributed by atoms with Crippen molar-refractivity contribution in [2.24, 2.45) is 5.73 Å². The van der Waals surface area contributed by atoms with Crippen LogP contribution in [0.3, 0.4) is 0 Å². The number of H-pyrrole nitrogens is 1. The topological polar surface area (TPSA) is 208 Å². The molecule has 0 aliphatic carbocycles. The number of aliphatic carboxylic acids is 2. The fourth-order valence-electron chi connectivity index (χ4n) is 4.36. The van der Waals surface area contributed by atoms with Crippen LogP contribution in [-0.4, -0.2) is 85.5 Å². The summed E-state index contributed by atoms with van der Waals surface area (Å²) in [5, 5.41) is 23.2. The zero-order chi connectivity index (χ0) is 27.7. The number of carbonyl (C=O) groups excluding carboxylic acids is 3. The number of hydrogen-bond acceptors (Lipinski definition) is 7. The van der Waals surface area contributed by atoms with Gasteiger partial charge in [0.05, 0.1) is 12.4 Å². The van der Waals surface area contributed by atoms with E-state index < -0.39 is 54.3 Å². The molecule has 0 spiro atoms. The van der Waals surface area contributed by atoms with Gasteiger partial charge >= 0.3 is 11.9 Å². The van der Waals surface area contributed by atoms with Crippen LogP contribution in [-0.2, 0) is 36.8 Å². The summed E-state index contributed by atoms with van der Waals surface area (Å²) in [6.07, 6.45) is 3.30. The van der Waals surface area contributed by atoms with Gasteiger partial charge in [-0.1, -0.05) is 30.3 Å². The number of carboxylic acids is 2. The number of hydrogen-bond donors (Lipinski definition) is 6. The van der Waals surface area contributed by atoms with Crippen LogP contribution in [0, 0.1) is 0 Å². The van der Waals surface area contributed by atoms with Gasteiger partial charge in [0, 0.05) is 31.3 Å². The number of nitrogens with one attached hydrogen (secondary N) is 3. The maximum absolute atomic E-state index is 13.3. The van der Waals surface area contributed by atoms with E-state index in [1.807, 2.05) is 30.3 Å². The number of likely N-dealkylation sites (tertiary alicyclic amines) is 1. The van der Waals surface area contributed by atoms with Gasteiger partial charge in [-0.25, -0.2) is 9.78 Å². The van der Waals surface area contributed by atoms with Gasteiger partial charge in [0.25, 0.3) is 0 Å². The highest BCUT2D eigenvalue weighted by molar-refractivity contribution is 5.94. The van der Waals surface area contributed by atoms with Crippen molar-refractivity contribution in [1.29, 1.82) is 0 Å². The zero-order valence-electron chi connectivity index (χ0n) is 20.7. The van der Waals surface area contributed by atoms with Crippen LogP contribution in [0.25, 0.3) is 0 Å². The Hall–Kier alpha value is -4.26. The van der Waals surface area contributed by atoms with E-state index in [0.717, 1.165) is 5.56 Å². The summed E-state index contributed by atoms with van der Waals surface area (Å²) < 4.78 is 0. The monoisotopic (exact) mass is 528 g/mol. The van der Waals surface area contributed by atoms with E-state index in [-0.39, 0.29) is 18.7 Å². The molecule has 4 atom stereocenters. The van der Waals surface area contributed by atoms with Gasteiger partial charge in [-0.15, -0.1) is 0 Å². The standard InChI is InChI=1S/C25H32N6O7/c26-17(11-15-5-2-1-3-6-15)24(36)31-10-4-7-20(31)23(35)30-19(12-16-13-27-14-28-16)22(34)29-18(25(37)38)8-9-21(32)33/h1-3,5-6,13-14,17-20H,4,7-12,26H2,(H,27,28)(H,29,34)(H,30,35)(H,32,33)(H,37,38). The molecular formula is C25H32N6O7. The number of carboxylic acid groups (broad SMARTS) is 2. The minimum atomic E-state index is -1.46. The Kier molecular flexibility index (Phi) is 9.93. The summed E-state index contributed by atoms with van der Waals surface area (Å²) in [5.41, 5.74) is 7.56. The molecule has 4 unspecified atom stereocenters. The third kappa shape index (κ3) is 7.87. The summed E-state index contributed by atoms with van der Waals surface area (Å²) >= 11 is 0. The highest BCUT2D eigenvalue weighted by Crippen LogP contribution is 2.20. The molecular weight excluding hydrogens is 496 g/mol. The average molecular weight is 529 g/mol. The number of carbonyl (C=O) groups is 5. The molecule has 204 valence electrons. The number of aromatic amines is 1. The van der Waals surface area contributed by atoms with Crippen molar-refractivity contribution in [2.75, 3.05) is 6.54 Å². The second-order valence-electron chi connectivity index (χ2n) is 9.16.